The maximum Gasteiger partial charge on any atom is 0.239 e. The van der Waals surface area contributed by atoms with Crippen molar-refractivity contribution >= 4 is 17.5 Å². The first-order chi connectivity index (χ1) is 15.4. The van der Waals surface area contributed by atoms with Gasteiger partial charge in [0.25, 0.3) is 0 Å². The molecular formula is C25H27FN4O2. The minimum atomic E-state index is -0.598. The maximum atomic E-state index is 14.2. The Bertz CT molecular complexity index is 1120. The fraction of sp³-hybridized carbons (Fsp3) is 0.320. The first-order valence-corrected chi connectivity index (χ1v) is 10.8. The number of carbonyl (C=O) groups is 2. The molecule has 0 bridgehead atoms. The molecule has 0 unspecified atom stereocenters. The van der Waals surface area contributed by atoms with E-state index in [1.807, 2.05) is 6.07 Å². The Morgan fingerprint density at radius 3 is 2.41 bits per heavy atom. The number of carbonyl (C=O) groups excluding carboxylic acids is 2. The van der Waals surface area contributed by atoms with Gasteiger partial charge in [-0.05, 0) is 56.5 Å². The zero-order valence-corrected chi connectivity index (χ0v) is 18.3. The monoisotopic (exact) mass is 434 g/mol. The number of rotatable bonds is 6. The summed E-state index contributed by atoms with van der Waals surface area (Å²) >= 11 is 0. The van der Waals surface area contributed by atoms with E-state index >= 15 is 0 Å². The van der Waals surface area contributed by atoms with Crippen LogP contribution < -0.4 is 5.32 Å². The summed E-state index contributed by atoms with van der Waals surface area (Å²) in [4.78, 5) is 27.9. The molecule has 0 spiro atoms. The highest BCUT2D eigenvalue weighted by molar-refractivity contribution is 6.14. The number of anilines is 1. The molecule has 0 atom stereocenters. The quantitative estimate of drug-likeness (QED) is 0.598. The molecule has 1 fully saturated rings. The average molecular weight is 435 g/mol. The van der Waals surface area contributed by atoms with Crippen LogP contribution in [-0.4, -0.2) is 46.0 Å². The molecule has 0 saturated carbocycles. The van der Waals surface area contributed by atoms with Gasteiger partial charge in [0.1, 0.15) is 11.6 Å². The molecule has 0 radical (unpaired) electrons. The van der Waals surface area contributed by atoms with E-state index in [9.17, 15) is 14.0 Å². The molecule has 2 aromatic carbocycles. The van der Waals surface area contributed by atoms with Gasteiger partial charge in [-0.3, -0.25) is 19.2 Å². The molecule has 1 saturated heterocycles. The summed E-state index contributed by atoms with van der Waals surface area (Å²) < 4.78 is 15.6. The van der Waals surface area contributed by atoms with Crippen molar-refractivity contribution in [3.05, 3.63) is 82.8 Å². The third-order valence-corrected chi connectivity index (χ3v) is 6.05. The van der Waals surface area contributed by atoms with Crippen LogP contribution in [0.4, 0.5) is 10.2 Å². The van der Waals surface area contributed by atoms with E-state index in [2.05, 4.69) is 39.6 Å². The van der Waals surface area contributed by atoms with Gasteiger partial charge in [0.15, 0.2) is 0 Å². The van der Waals surface area contributed by atoms with Crippen LogP contribution in [0, 0.1) is 12.7 Å². The van der Waals surface area contributed by atoms with Crippen molar-refractivity contribution in [1.29, 1.82) is 0 Å². The fourth-order valence-electron chi connectivity index (χ4n) is 4.38. The minimum absolute atomic E-state index is 0.0397. The van der Waals surface area contributed by atoms with Crippen molar-refractivity contribution < 1.29 is 14.0 Å². The highest BCUT2D eigenvalue weighted by Gasteiger charge is 2.26. The van der Waals surface area contributed by atoms with Gasteiger partial charge < -0.3 is 5.32 Å². The standard InChI is InChI=1S/C25H27FN4O2/c1-17-23(24(32)20-10-6-7-11-21(20)26)25(29(2)28-17)27-22(31)16-30-14-12-19(13-15-30)18-8-4-3-5-9-18/h3-11,19H,12-16H2,1-2H3,(H,27,31). The molecule has 1 N–H and O–H groups in total. The van der Waals surface area contributed by atoms with Crippen LogP contribution in [0.25, 0.3) is 0 Å². The lowest BCUT2D eigenvalue weighted by Gasteiger charge is -2.31. The summed E-state index contributed by atoms with van der Waals surface area (Å²) in [5.74, 6) is -0.499. The number of likely N-dealkylation sites (tertiary alicyclic amines) is 1. The first kappa shape index (κ1) is 21.9. The van der Waals surface area contributed by atoms with Gasteiger partial charge >= 0.3 is 0 Å². The fourth-order valence-corrected chi connectivity index (χ4v) is 4.38. The lowest BCUT2D eigenvalue weighted by molar-refractivity contribution is -0.117. The number of piperidine rings is 1. The van der Waals surface area contributed by atoms with Crippen molar-refractivity contribution in [2.45, 2.75) is 25.7 Å². The first-order valence-electron chi connectivity index (χ1n) is 10.8. The Morgan fingerprint density at radius 2 is 1.72 bits per heavy atom. The minimum Gasteiger partial charge on any atom is -0.309 e. The van der Waals surface area contributed by atoms with Crippen LogP contribution in [0.3, 0.4) is 0 Å². The van der Waals surface area contributed by atoms with E-state index < -0.39 is 11.6 Å². The van der Waals surface area contributed by atoms with Gasteiger partial charge in [0, 0.05) is 7.05 Å². The smallest absolute Gasteiger partial charge is 0.239 e. The largest absolute Gasteiger partial charge is 0.309 e. The third-order valence-electron chi connectivity index (χ3n) is 6.05. The van der Waals surface area contributed by atoms with Crippen LogP contribution in [-0.2, 0) is 11.8 Å². The Kier molecular flexibility index (Phi) is 6.46. The molecule has 1 aromatic heterocycles. The molecule has 166 valence electrons. The maximum absolute atomic E-state index is 14.2. The number of amides is 1. The van der Waals surface area contributed by atoms with Gasteiger partial charge in [0.05, 0.1) is 23.4 Å². The van der Waals surface area contributed by atoms with E-state index in [4.69, 9.17) is 0 Å². The second kappa shape index (κ2) is 9.44. The summed E-state index contributed by atoms with van der Waals surface area (Å²) in [5, 5.41) is 7.11. The van der Waals surface area contributed by atoms with Crippen LogP contribution in [0.5, 0.6) is 0 Å². The summed E-state index contributed by atoms with van der Waals surface area (Å²) in [6.07, 6.45) is 2.00. The zero-order valence-electron chi connectivity index (χ0n) is 18.3. The second-order valence-corrected chi connectivity index (χ2v) is 8.25. The van der Waals surface area contributed by atoms with E-state index in [1.165, 1.54) is 28.4 Å². The number of halogens is 1. The molecule has 1 amide bonds. The van der Waals surface area contributed by atoms with E-state index in [0.29, 0.717) is 17.4 Å². The molecule has 6 nitrogen and oxygen atoms in total. The Morgan fingerprint density at radius 1 is 1.06 bits per heavy atom. The van der Waals surface area contributed by atoms with Crippen molar-refractivity contribution in [1.82, 2.24) is 14.7 Å². The van der Waals surface area contributed by atoms with Crippen molar-refractivity contribution in [3.8, 4) is 0 Å². The molecule has 3 aromatic rings. The van der Waals surface area contributed by atoms with E-state index in [-0.39, 0.29) is 23.6 Å². The lowest BCUT2D eigenvalue weighted by Crippen LogP contribution is -2.39. The van der Waals surface area contributed by atoms with Crippen LogP contribution in [0.15, 0.2) is 54.6 Å². The van der Waals surface area contributed by atoms with Gasteiger partial charge in [-0.15, -0.1) is 0 Å². The number of nitrogens with zero attached hydrogens (tertiary/aromatic N) is 3. The topological polar surface area (TPSA) is 67.2 Å². The predicted octanol–water partition coefficient (Wildman–Crippen LogP) is 3.92. The predicted molar refractivity (Wildman–Crippen MR) is 121 cm³/mol. The number of aromatic nitrogens is 2. The van der Waals surface area contributed by atoms with Gasteiger partial charge in [0.2, 0.25) is 11.7 Å². The number of nitrogens with one attached hydrogen (secondary N) is 1. The third kappa shape index (κ3) is 4.62. The average Bonchev–Trinajstić information content (AvgIpc) is 3.07. The van der Waals surface area contributed by atoms with Gasteiger partial charge in [-0.1, -0.05) is 42.5 Å². The number of hydrogen-bond acceptors (Lipinski definition) is 4. The molecule has 4 rings (SSSR count). The molecule has 0 aliphatic carbocycles. The molecule has 7 heteroatoms. The number of hydrogen-bond donors (Lipinski definition) is 1. The molecule has 1 aliphatic rings. The normalized spacial score (nSPS) is 15.0. The van der Waals surface area contributed by atoms with Crippen LogP contribution in [0.1, 0.15) is 45.9 Å². The van der Waals surface area contributed by atoms with Crippen molar-refractivity contribution in [2.75, 3.05) is 25.0 Å². The van der Waals surface area contributed by atoms with Gasteiger partial charge in [-0.2, -0.15) is 5.10 Å². The summed E-state index contributed by atoms with van der Waals surface area (Å²) in [5.41, 5.74) is 1.97. The lowest BCUT2D eigenvalue weighted by atomic mass is 9.89. The van der Waals surface area contributed by atoms with Crippen molar-refractivity contribution in [2.24, 2.45) is 7.05 Å². The Labute approximate surface area is 187 Å². The Hall–Kier alpha value is -3.32. The summed E-state index contributed by atoms with van der Waals surface area (Å²) in [6.45, 7) is 3.58. The highest BCUT2D eigenvalue weighted by Crippen LogP contribution is 2.28. The second-order valence-electron chi connectivity index (χ2n) is 8.25. The van der Waals surface area contributed by atoms with Crippen LogP contribution in [0.2, 0.25) is 0 Å². The SMILES string of the molecule is Cc1nn(C)c(NC(=O)CN2CCC(c3ccccc3)CC2)c1C(=O)c1ccccc1F. The molecule has 2 heterocycles. The molecule has 1 aliphatic heterocycles. The number of aryl methyl sites for hydroxylation is 2. The number of ketones is 1. The van der Waals surface area contributed by atoms with Crippen LogP contribution >= 0.6 is 0 Å². The van der Waals surface area contributed by atoms with E-state index in [1.54, 1.807) is 20.0 Å². The Balaban J connectivity index is 1.42. The summed E-state index contributed by atoms with van der Waals surface area (Å²) in [7, 11) is 1.66. The molecular weight excluding hydrogens is 407 g/mol. The number of benzene rings is 2. The highest BCUT2D eigenvalue weighted by atomic mass is 19.1. The molecule has 32 heavy (non-hydrogen) atoms. The zero-order chi connectivity index (χ0) is 22.7. The van der Waals surface area contributed by atoms with Gasteiger partial charge in [-0.25, -0.2) is 4.39 Å². The summed E-state index contributed by atoms with van der Waals surface area (Å²) in [6, 6.07) is 16.3. The van der Waals surface area contributed by atoms with Crippen molar-refractivity contribution in [3.63, 3.8) is 0 Å². The van der Waals surface area contributed by atoms with E-state index in [0.717, 1.165) is 25.9 Å².